The molecule has 1 fully saturated rings. The number of carbonyl (C=O) groups is 3. The summed E-state index contributed by atoms with van der Waals surface area (Å²) in [5.41, 5.74) is 0.710. The quantitative estimate of drug-likeness (QED) is 0.889. The van der Waals surface area contributed by atoms with Gasteiger partial charge in [-0.15, -0.1) is 11.3 Å². The lowest BCUT2D eigenvalue weighted by Crippen LogP contribution is -2.15. The van der Waals surface area contributed by atoms with E-state index in [-0.39, 0.29) is 23.2 Å². The van der Waals surface area contributed by atoms with Crippen LogP contribution in [-0.4, -0.2) is 22.8 Å². The Morgan fingerprint density at radius 1 is 1.26 bits per heavy atom. The van der Waals surface area contributed by atoms with Crippen LogP contribution in [0.1, 0.15) is 51.3 Å². The summed E-state index contributed by atoms with van der Waals surface area (Å²) in [6.45, 7) is 0. The maximum Gasteiger partial charge on any atom is 0.339 e. The molecule has 0 aromatic carbocycles. The Morgan fingerprint density at radius 2 is 2.00 bits per heavy atom. The normalized spacial score (nSPS) is 18.0. The Labute approximate surface area is 113 Å². The van der Waals surface area contributed by atoms with E-state index in [1.165, 1.54) is 0 Å². The molecule has 1 aromatic rings. The molecule has 6 heteroatoms. The third-order valence-electron chi connectivity index (χ3n) is 3.49. The average Bonchev–Trinajstić information content (AvgIpc) is 3.12. The maximum absolute atomic E-state index is 11.8. The van der Waals surface area contributed by atoms with Gasteiger partial charge < -0.3 is 10.4 Å². The van der Waals surface area contributed by atoms with Crippen molar-refractivity contribution in [3.8, 4) is 0 Å². The largest absolute Gasteiger partial charge is 0.478 e. The monoisotopic (exact) mass is 279 g/mol. The van der Waals surface area contributed by atoms with Gasteiger partial charge in [-0.05, 0) is 31.2 Å². The fourth-order valence-corrected chi connectivity index (χ4v) is 3.55. The molecule has 0 saturated heterocycles. The van der Waals surface area contributed by atoms with Gasteiger partial charge in [0.1, 0.15) is 5.00 Å². The van der Waals surface area contributed by atoms with E-state index in [1.807, 2.05) is 0 Å². The van der Waals surface area contributed by atoms with Gasteiger partial charge in [-0.25, -0.2) is 4.79 Å². The molecule has 3 rings (SSSR count). The van der Waals surface area contributed by atoms with E-state index in [1.54, 1.807) is 0 Å². The Balaban J connectivity index is 2.00. The van der Waals surface area contributed by atoms with Crippen LogP contribution < -0.4 is 5.32 Å². The lowest BCUT2D eigenvalue weighted by atomic mass is 9.94. The van der Waals surface area contributed by atoms with Crippen molar-refractivity contribution in [1.82, 2.24) is 0 Å². The van der Waals surface area contributed by atoms with Gasteiger partial charge in [0.2, 0.25) is 5.91 Å². The molecule has 2 aliphatic carbocycles. The van der Waals surface area contributed by atoms with E-state index in [0.717, 1.165) is 24.2 Å². The molecule has 0 atom stereocenters. The lowest BCUT2D eigenvalue weighted by Gasteiger charge is -2.09. The molecule has 0 aliphatic heterocycles. The summed E-state index contributed by atoms with van der Waals surface area (Å²) in [6, 6.07) is 0. The number of hydrogen-bond donors (Lipinski definition) is 2. The second-order valence-electron chi connectivity index (χ2n) is 4.96. The van der Waals surface area contributed by atoms with Gasteiger partial charge in [0.15, 0.2) is 5.78 Å². The number of nitrogens with one attached hydrogen (secondary N) is 1. The lowest BCUT2D eigenvalue weighted by molar-refractivity contribution is -0.117. The number of carboxylic acids is 1. The Bertz CT molecular complexity index is 586. The minimum absolute atomic E-state index is 0.0106. The molecule has 0 bridgehead atoms. The smallest absolute Gasteiger partial charge is 0.339 e. The summed E-state index contributed by atoms with van der Waals surface area (Å²) in [4.78, 5) is 35.5. The van der Waals surface area contributed by atoms with Gasteiger partial charge in [-0.1, -0.05) is 0 Å². The number of carbonyl (C=O) groups excluding carboxylic acids is 2. The van der Waals surface area contributed by atoms with Gasteiger partial charge in [-0.3, -0.25) is 9.59 Å². The highest BCUT2D eigenvalue weighted by Crippen LogP contribution is 2.39. The van der Waals surface area contributed by atoms with Crippen LogP contribution in [0.25, 0.3) is 0 Å². The van der Waals surface area contributed by atoms with Crippen molar-refractivity contribution >= 4 is 34.0 Å². The molecule has 1 aromatic heterocycles. The first-order valence-electron chi connectivity index (χ1n) is 6.31. The van der Waals surface area contributed by atoms with E-state index in [2.05, 4.69) is 5.32 Å². The fourth-order valence-electron chi connectivity index (χ4n) is 2.34. The second-order valence-corrected chi connectivity index (χ2v) is 5.98. The fraction of sp³-hybridized carbons (Fsp3) is 0.462. The predicted molar refractivity (Wildman–Crippen MR) is 69.9 cm³/mol. The molecule has 1 saturated carbocycles. The van der Waals surface area contributed by atoms with Crippen LogP contribution >= 0.6 is 11.3 Å². The zero-order chi connectivity index (χ0) is 13.6. The van der Waals surface area contributed by atoms with Gasteiger partial charge in [0.05, 0.1) is 10.4 Å². The zero-order valence-electron chi connectivity index (χ0n) is 10.2. The summed E-state index contributed by atoms with van der Waals surface area (Å²) < 4.78 is 0. The second kappa shape index (κ2) is 4.45. The third-order valence-corrected chi connectivity index (χ3v) is 4.68. The number of Topliss-reactive ketones (excluding diaryl/α,β-unsaturated/α-hetero) is 1. The van der Waals surface area contributed by atoms with E-state index < -0.39 is 5.97 Å². The number of rotatable bonds is 3. The molecule has 0 spiro atoms. The van der Waals surface area contributed by atoms with Gasteiger partial charge in [0, 0.05) is 12.3 Å². The van der Waals surface area contributed by atoms with Crippen LogP contribution in [-0.2, 0) is 11.2 Å². The van der Waals surface area contributed by atoms with E-state index in [0.29, 0.717) is 34.7 Å². The van der Waals surface area contributed by atoms with E-state index in [4.69, 9.17) is 0 Å². The van der Waals surface area contributed by atoms with Gasteiger partial charge in [-0.2, -0.15) is 0 Å². The number of anilines is 1. The highest BCUT2D eigenvalue weighted by atomic mass is 32.1. The number of thiophene rings is 1. The maximum atomic E-state index is 11.8. The van der Waals surface area contributed by atoms with Crippen molar-refractivity contribution in [3.05, 3.63) is 16.0 Å². The molecule has 0 radical (unpaired) electrons. The minimum atomic E-state index is -1.07. The number of amides is 1. The molecule has 19 heavy (non-hydrogen) atoms. The molecule has 2 N–H and O–H groups in total. The van der Waals surface area contributed by atoms with Crippen molar-refractivity contribution in [2.24, 2.45) is 5.92 Å². The van der Waals surface area contributed by atoms with Crippen LogP contribution in [0.2, 0.25) is 0 Å². The van der Waals surface area contributed by atoms with Gasteiger partial charge in [0.25, 0.3) is 0 Å². The summed E-state index contributed by atoms with van der Waals surface area (Å²) in [7, 11) is 0. The van der Waals surface area contributed by atoms with Crippen LogP contribution in [0, 0.1) is 5.92 Å². The van der Waals surface area contributed by atoms with Crippen molar-refractivity contribution in [2.75, 3.05) is 5.32 Å². The van der Waals surface area contributed by atoms with Crippen LogP contribution in [0.3, 0.4) is 0 Å². The van der Waals surface area contributed by atoms with Crippen molar-refractivity contribution in [1.29, 1.82) is 0 Å². The van der Waals surface area contributed by atoms with Crippen molar-refractivity contribution in [2.45, 2.75) is 32.1 Å². The van der Waals surface area contributed by atoms with E-state index >= 15 is 0 Å². The molecule has 1 heterocycles. The SMILES string of the molecule is O=C1CCCc2c1sc(NC(=O)C1CC1)c2C(=O)O. The molecule has 2 aliphatic rings. The summed E-state index contributed by atoms with van der Waals surface area (Å²) in [6.07, 6.45) is 3.45. The molecule has 5 nitrogen and oxygen atoms in total. The molecular formula is C13H13NO4S. The number of aromatic carboxylic acids is 1. The van der Waals surface area contributed by atoms with Crippen molar-refractivity contribution < 1.29 is 19.5 Å². The topological polar surface area (TPSA) is 83.5 Å². The molecule has 100 valence electrons. The number of fused-ring (bicyclic) bond motifs is 1. The first-order valence-corrected chi connectivity index (χ1v) is 7.12. The predicted octanol–water partition coefficient (Wildman–Crippen LogP) is 2.31. The molecule has 1 amide bonds. The first-order chi connectivity index (χ1) is 9.08. The Kier molecular flexibility index (Phi) is 2.89. The summed E-state index contributed by atoms with van der Waals surface area (Å²) in [5, 5.41) is 12.3. The Morgan fingerprint density at radius 3 is 2.63 bits per heavy atom. The van der Waals surface area contributed by atoms with Crippen molar-refractivity contribution in [3.63, 3.8) is 0 Å². The molecule has 0 unspecified atom stereocenters. The standard InChI is InChI=1S/C13H13NO4S/c15-8-3-1-2-7-9(13(17)18)12(19-10(7)8)14-11(16)6-4-5-6/h6H,1-5H2,(H,14,16)(H,17,18). The third kappa shape index (κ3) is 2.16. The number of carboxylic acid groups (broad SMARTS) is 1. The van der Waals surface area contributed by atoms with Crippen LogP contribution in [0.15, 0.2) is 0 Å². The minimum Gasteiger partial charge on any atom is -0.478 e. The highest BCUT2D eigenvalue weighted by Gasteiger charge is 2.33. The van der Waals surface area contributed by atoms with Crippen LogP contribution in [0.5, 0.6) is 0 Å². The number of hydrogen-bond acceptors (Lipinski definition) is 4. The summed E-state index contributed by atoms with van der Waals surface area (Å²) in [5.74, 6) is -1.20. The highest BCUT2D eigenvalue weighted by molar-refractivity contribution is 7.18. The summed E-state index contributed by atoms with van der Waals surface area (Å²) >= 11 is 1.11. The first kappa shape index (κ1) is 12.3. The average molecular weight is 279 g/mol. The number of ketones is 1. The van der Waals surface area contributed by atoms with Gasteiger partial charge >= 0.3 is 5.97 Å². The van der Waals surface area contributed by atoms with E-state index in [9.17, 15) is 19.5 Å². The van der Waals surface area contributed by atoms with Crippen LogP contribution in [0.4, 0.5) is 5.00 Å². The Hall–Kier alpha value is -1.69. The molecular weight excluding hydrogens is 266 g/mol. The zero-order valence-corrected chi connectivity index (χ0v) is 11.0.